The molecule has 0 fully saturated rings. The molecule has 0 radical (unpaired) electrons. The minimum atomic E-state index is 0.740. The molecule has 0 spiro atoms. The van der Waals surface area contributed by atoms with Crippen molar-refractivity contribution >= 4 is 0 Å². The normalized spacial score (nSPS) is 10.5. The van der Waals surface area contributed by atoms with Crippen molar-refractivity contribution in [3.8, 4) is 0 Å². The molecule has 2 N–H and O–H groups in total. The lowest BCUT2D eigenvalue weighted by Gasteiger charge is -2.00. The van der Waals surface area contributed by atoms with Crippen LogP contribution in [0.3, 0.4) is 0 Å². The van der Waals surface area contributed by atoms with Gasteiger partial charge in [-0.15, -0.1) is 5.10 Å². The monoisotopic (exact) mass is 169 g/mol. The van der Waals surface area contributed by atoms with Gasteiger partial charge in [0.15, 0.2) is 5.82 Å². The van der Waals surface area contributed by atoms with Crippen molar-refractivity contribution in [3.63, 3.8) is 0 Å². The summed E-state index contributed by atoms with van der Waals surface area (Å²) in [6.07, 6.45) is 2.97. The van der Waals surface area contributed by atoms with Crippen LogP contribution in [0.4, 0.5) is 0 Å². The third-order valence-electron chi connectivity index (χ3n) is 1.75. The number of rotatable bonds is 5. The van der Waals surface area contributed by atoms with E-state index in [4.69, 9.17) is 5.73 Å². The first kappa shape index (κ1) is 9.12. The average molecular weight is 169 g/mol. The summed E-state index contributed by atoms with van der Waals surface area (Å²) in [7, 11) is 0. The molecular weight excluding hydrogens is 154 g/mol. The van der Waals surface area contributed by atoms with Crippen LogP contribution in [-0.2, 0) is 13.0 Å². The zero-order valence-corrected chi connectivity index (χ0v) is 7.40. The van der Waals surface area contributed by atoms with Gasteiger partial charge in [-0.05, 0) is 29.8 Å². The van der Waals surface area contributed by atoms with Crippen LogP contribution in [0.15, 0.2) is 0 Å². The largest absolute Gasteiger partial charge is 0.330 e. The van der Waals surface area contributed by atoms with E-state index in [1.54, 1.807) is 0 Å². The third kappa shape index (κ3) is 2.27. The van der Waals surface area contributed by atoms with Gasteiger partial charge < -0.3 is 5.73 Å². The Morgan fingerprint density at radius 2 is 2.25 bits per heavy atom. The van der Waals surface area contributed by atoms with Crippen molar-refractivity contribution in [2.45, 2.75) is 32.7 Å². The lowest BCUT2D eigenvalue weighted by Crippen LogP contribution is -2.07. The second-order valence-electron chi connectivity index (χ2n) is 2.67. The van der Waals surface area contributed by atoms with E-state index in [1.165, 1.54) is 0 Å². The van der Waals surface area contributed by atoms with Crippen LogP contribution in [0.5, 0.6) is 0 Å². The fraction of sp³-hybridized carbons (Fsp3) is 0.857. The number of hydrogen-bond acceptors (Lipinski definition) is 4. The Hall–Kier alpha value is -0.970. The highest BCUT2D eigenvalue weighted by molar-refractivity contribution is 4.78. The maximum absolute atomic E-state index is 5.38. The molecule has 0 amide bonds. The molecule has 0 saturated carbocycles. The third-order valence-corrected chi connectivity index (χ3v) is 1.75. The number of aryl methyl sites for hydroxylation is 2. The first-order valence-corrected chi connectivity index (χ1v) is 4.33. The maximum atomic E-state index is 5.38. The minimum Gasteiger partial charge on any atom is -0.330 e. The lowest BCUT2D eigenvalue weighted by molar-refractivity contribution is 0.527. The van der Waals surface area contributed by atoms with Gasteiger partial charge in [-0.2, -0.15) is 0 Å². The molecule has 0 aliphatic heterocycles. The topological polar surface area (TPSA) is 69.6 Å². The summed E-state index contributed by atoms with van der Waals surface area (Å²) < 4.78 is 1.84. The van der Waals surface area contributed by atoms with Gasteiger partial charge >= 0.3 is 0 Å². The second kappa shape index (κ2) is 4.82. The summed E-state index contributed by atoms with van der Waals surface area (Å²) in [5.41, 5.74) is 5.38. The summed E-state index contributed by atoms with van der Waals surface area (Å²) >= 11 is 0. The van der Waals surface area contributed by atoms with Crippen LogP contribution < -0.4 is 5.73 Å². The summed E-state index contributed by atoms with van der Waals surface area (Å²) in [5, 5.41) is 11.4. The molecule has 68 valence electrons. The smallest absolute Gasteiger partial charge is 0.150 e. The molecule has 5 heteroatoms. The van der Waals surface area contributed by atoms with Crippen molar-refractivity contribution in [1.29, 1.82) is 0 Å². The van der Waals surface area contributed by atoms with Crippen molar-refractivity contribution in [1.82, 2.24) is 20.2 Å². The number of tetrazole rings is 1. The van der Waals surface area contributed by atoms with E-state index in [9.17, 15) is 0 Å². The molecule has 0 aromatic carbocycles. The van der Waals surface area contributed by atoms with Crippen molar-refractivity contribution < 1.29 is 0 Å². The first-order valence-electron chi connectivity index (χ1n) is 4.33. The summed E-state index contributed by atoms with van der Waals surface area (Å²) in [6.45, 7) is 3.67. The highest BCUT2D eigenvalue weighted by Gasteiger charge is 2.01. The quantitative estimate of drug-likeness (QED) is 0.629. The second-order valence-corrected chi connectivity index (χ2v) is 2.67. The maximum Gasteiger partial charge on any atom is 0.150 e. The van der Waals surface area contributed by atoms with Gasteiger partial charge in [0.25, 0.3) is 0 Å². The van der Waals surface area contributed by atoms with E-state index in [0.717, 1.165) is 38.2 Å². The van der Waals surface area contributed by atoms with Crippen LogP contribution in [-0.4, -0.2) is 26.8 Å². The van der Waals surface area contributed by atoms with Crippen molar-refractivity contribution in [2.75, 3.05) is 6.54 Å². The van der Waals surface area contributed by atoms with Crippen LogP contribution in [0.2, 0.25) is 0 Å². The molecule has 5 nitrogen and oxygen atoms in total. The standard InChI is InChI=1S/C7H15N5/c1-2-7-9-10-11-12(7)6-4-3-5-8/h2-6,8H2,1H3. The molecule has 1 aromatic rings. The van der Waals surface area contributed by atoms with Gasteiger partial charge in [0.2, 0.25) is 0 Å². The van der Waals surface area contributed by atoms with Gasteiger partial charge in [0.1, 0.15) is 0 Å². The molecule has 0 bridgehead atoms. The Labute approximate surface area is 71.9 Å². The Balaban J connectivity index is 2.39. The van der Waals surface area contributed by atoms with Gasteiger partial charge in [-0.25, -0.2) is 4.68 Å². The van der Waals surface area contributed by atoms with Crippen LogP contribution in [0, 0.1) is 0 Å². The molecule has 0 atom stereocenters. The number of hydrogen-bond donors (Lipinski definition) is 1. The Morgan fingerprint density at radius 3 is 2.92 bits per heavy atom. The van der Waals surface area contributed by atoms with Crippen molar-refractivity contribution in [3.05, 3.63) is 5.82 Å². The molecule has 1 heterocycles. The lowest BCUT2D eigenvalue weighted by atomic mass is 10.3. The molecule has 0 aliphatic rings. The highest BCUT2D eigenvalue weighted by atomic mass is 15.5. The van der Waals surface area contributed by atoms with Crippen LogP contribution in [0.1, 0.15) is 25.6 Å². The Kier molecular flexibility index (Phi) is 3.66. The highest BCUT2D eigenvalue weighted by Crippen LogP contribution is 1.96. The van der Waals surface area contributed by atoms with E-state index < -0.39 is 0 Å². The van der Waals surface area contributed by atoms with Gasteiger partial charge in [-0.3, -0.25) is 0 Å². The molecule has 12 heavy (non-hydrogen) atoms. The minimum absolute atomic E-state index is 0.740. The zero-order valence-electron chi connectivity index (χ0n) is 7.40. The van der Waals surface area contributed by atoms with Gasteiger partial charge in [-0.1, -0.05) is 6.92 Å². The predicted molar refractivity (Wildman–Crippen MR) is 45.5 cm³/mol. The zero-order chi connectivity index (χ0) is 8.81. The fourth-order valence-electron chi connectivity index (χ4n) is 1.06. The van der Waals surface area contributed by atoms with E-state index in [1.807, 2.05) is 11.6 Å². The molecule has 0 unspecified atom stereocenters. The molecule has 1 aromatic heterocycles. The number of aromatic nitrogens is 4. The van der Waals surface area contributed by atoms with E-state index in [0.29, 0.717) is 0 Å². The van der Waals surface area contributed by atoms with E-state index >= 15 is 0 Å². The number of nitrogens with two attached hydrogens (primary N) is 1. The van der Waals surface area contributed by atoms with Gasteiger partial charge in [0.05, 0.1) is 0 Å². The Bertz CT molecular complexity index is 219. The van der Waals surface area contributed by atoms with E-state index in [-0.39, 0.29) is 0 Å². The first-order chi connectivity index (χ1) is 5.88. The number of unbranched alkanes of at least 4 members (excludes halogenated alkanes) is 1. The Morgan fingerprint density at radius 1 is 1.42 bits per heavy atom. The summed E-state index contributed by atoms with van der Waals surface area (Å²) in [5.74, 6) is 0.951. The summed E-state index contributed by atoms with van der Waals surface area (Å²) in [4.78, 5) is 0. The molecule has 0 aliphatic carbocycles. The van der Waals surface area contributed by atoms with Crippen LogP contribution >= 0.6 is 0 Å². The number of nitrogens with zero attached hydrogens (tertiary/aromatic N) is 4. The van der Waals surface area contributed by atoms with Gasteiger partial charge in [0, 0.05) is 13.0 Å². The molecule has 0 saturated heterocycles. The summed E-state index contributed by atoms with van der Waals surface area (Å²) in [6, 6.07) is 0. The van der Waals surface area contributed by atoms with Crippen LogP contribution in [0.25, 0.3) is 0 Å². The predicted octanol–water partition coefficient (Wildman–Crippen LogP) is -0.0256. The fourth-order valence-corrected chi connectivity index (χ4v) is 1.06. The SMILES string of the molecule is CCc1nnnn1CCCCN. The molecule has 1 rings (SSSR count). The average Bonchev–Trinajstić information content (AvgIpc) is 2.52. The van der Waals surface area contributed by atoms with Crippen molar-refractivity contribution in [2.24, 2.45) is 5.73 Å². The molecular formula is C7H15N5. The van der Waals surface area contributed by atoms with E-state index in [2.05, 4.69) is 15.5 Å².